The predicted octanol–water partition coefficient (Wildman–Crippen LogP) is 2.60. The van der Waals surface area contributed by atoms with E-state index >= 15 is 0 Å². The number of benzene rings is 1. The molecule has 0 atom stereocenters. The molecule has 0 bridgehead atoms. The Hall–Kier alpha value is -1.55. The second-order valence-electron chi connectivity index (χ2n) is 5.63. The molecule has 0 fully saturated rings. The molecule has 0 aliphatic rings. The first-order chi connectivity index (χ1) is 10.1. The maximum Gasteiger partial charge on any atom is 0.191 e. The average molecular weight is 290 g/mol. The quantitative estimate of drug-likeness (QED) is 0.599. The van der Waals surface area contributed by atoms with Gasteiger partial charge in [0.05, 0.1) is 0 Å². The fourth-order valence-electron chi connectivity index (χ4n) is 1.98. The minimum atomic E-state index is 0.546. The van der Waals surface area contributed by atoms with Gasteiger partial charge < -0.3 is 10.6 Å². The number of hydrogen-bond donors (Lipinski definition) is 2. The smallest absolute Gasteiger partial charge is 0.191 e. The van der Waals surface area contributed by atoms with E-state index in [4.69, 9.17) is 0 Å². The Labute approximate surface area is 129 Å². The summed E-state index contributed by atoms with van der Waals surface area (Å²) in [6.45, 7) is 9.30. The summed E-state index contributed by atoms with van der Waals surface area (Å²) < 4.78 is 0. The van der Waals surface area contributed by atoms with E-state index in [0.29, 0.717) is 6.04 Å². The summed E-state index contributed by atoms with van der Waals surface area (Å²) in [5.74, 6) is 0.865. The van der Waals surface area contributed by atoms with E-state index in [1.807, 2.05) is 7.05 Å². The van der Waals surface area contributed by atoms with Gasteiger partial charge >= 0.3 is 0 Å². The first-order valence-corrected chi connectivity index (χ1v) is 7.80. The molecule has 0 aliphatic carbocycles. The largest absolute Gasteiger partial charge is 0.356 e. The molecule has 1 aromatic rings. The van der Waals surface area contributed by atoms with Crippen LogP contribution in [0.2, 0.25) is 0 Å². The van der Waals surface area contributed by atoms with E-state index in [-0.39, 0.29) is 0 Å². The minimum Gasteiger partial charge on any atom is -0.356 e. The van der Waals surface area contributed by atoms with Crippen molar-refractivity contribution in [1.82, 2.24) is 15.5 Å². The third-order valence-electron chi connectivity index (χ3n) is 3.63. The minimum absolute atomic E-state index is 0.546. The van der Waals surface area contributed by atoms with Gasteiger partial charge in [-0.1, -0.05) is 31.2 Å². The highest BCUT2D eigenvalue weighted by molar-refractivity contribution is 5.79. The third-order valence-corrected chi connectivity index (χ3v) is 3.63. The van der Waals surface area contributed by atoms with Gasteiger partial charge in [-0.2, -0.15) is 0 Å². The Morgan fingerprint density at radius 3 is 2.43 bits per heavy atom. The van der Waals surface area contributed by atoms with E-state index in [9.17, 15) is 0 Å². The predicted molar refractivity (Wildman–Crippen MR) is 91.5 cm³/mol. The molecule has 21 heavy (non-hydrogen) atoms. The highest BCUT2D eigenvalue weighted by Crippen LogP contribution is 2.12. The maximum absolute atomic E-state index is 4.24. The Bertz CT molecular complexity index is 440. The van der Waals surface area contributed by atoms with E-state index in [0.717, 1.165) is 32.0 Å². The van der Waals surface area contributed by atoms with Crippen molar-refractivity contribution in [3.8, 4) is 0 Å². The Kier molecular flexibility index (Phi) is 7.83. The molecule has 0 aromatic heterocycles. The summed E-state index contributed by atoms with van der Waals surface area (Å²) in [7, 11) is 3.97. The van der Waals surface area contributed by atoms with Gasteiger partial charge in [0.2, 0.25) is 0 Å². The lowest BCUT2D eigenvalue weighted by Crippen LogP contribution is -2.37. The molecule has 1 rings (SSSR count). The topological polar surface area (TPSA) is 39.7 Å². The second kappa shape index (κ2) is 9.40. The normalized spacial score (nSPS) is 12.0. The summed E-state index contributed by atoms with van der Waals surface area (Å²) >= 11 is 0. The standard InChI is InChI=1S/C17H30N4/c1-6-11-19-17(18-4)20-12-15-9-7-8-10-16(15)13-21(5)14(2)3/h7-10,14H,6,11-13H2,1-5H3,(H2,18,19,20). The van der Waals surface area contributed by atoms with Crippen LogP contribution in [0.5, 0.6) is 0 Å². The van der Waals surface area contributed by atoms with Gasteiger partial charge in [0.1, 0.15) is 0 Å². The van der Waals surface area contributed by atoms with Gasteiger partial charge in [0.15, 0.2) is 5.96 Å². The number of guanidine groups is 1. The van der Waals surface area contributed by atoms with E-state index in [1.54, 1.807) is 0 Å². The second-order valence-corrected chi connectivity index (χ2v) is 5.63. The highest BCUT2D eigenvalue weighted by Gasteiger charge is 2.08. The molecule has 2 N–H and O–H groups in total. The Balaban J connectivity index is 2.66. The van der Waals surface area contributed by atoms with Gasteiger partial charge in [-0.15, -0.1) is 0 Å². The van der Waals surface area contributed by atoms with Crippen LogP contribution < -0.4 is 10.6 Å². The number of aliphatic imine (C=N–C) groups is 1. The Morgan fingerprint density at radius 1 is 1.19 bits per heavy atom. The molecule has 0 radical (unpaired) electrons. The summed E-state index contributed by atoms with van der Waals surface area (Å²) in [6, 6.07) is 9.14. The lowest BCUT2D eigenvalue weighted by Gasteiger charge is -2.23. The van der Waals surface area contributed by atoms with Crippen molar-refractivity contribution in [1.29, 1.82) is 0 Å². The van der Waals surface area contributed by atoms with Gasteiger partial charge in [-0.25, -0.2) is 0 Å². The van der Waals surface area contributed by atoms with Crippen LogP contribution in [0.15, 0.2) is 29.3 Å². The monoisotopic (exact) mass is 290 g/mol. The van der Waals surface area contributed by atoms with E-state index < -0.39 is 0 Å². The van der Waals surface area contributed by atoms with Crippen LogP contribution in [-0.2, 0) is 13.1 Å². The summed E-state index contributed by atoms with van der Waals surface area (Å²) in [5.41, 5.74) is 2.69. The van der Waals surface area contributed by atoms with E-state index in [2.05, 4.69) is 72.6 Å². The summed E-state index contributed by atoms with van der Waals surface area (Å²) in [6.07, 6.45) is 1.09. The molecular weight excluding hydrogens is 260 g/mol. The summed E-state index contributed by atoms with van der Waals surface area (Å²) in [4.78, 5) is 6.59. The zero-order chi connectivity index (χ0) is 15.7. The van der Waals surface area contributed by atoms with Crippen LogP contribution in [-0.4, -0.2) is 37.5 Å². The van der Waals surface area contributed by atoms with Crippen LogP contribution in [0, 0.1) is 0 Å². The van der Waals surface area contributed by atoms with Crippen molar-refractivity contribution in [2.24, 2.45) is 4.99 Å². The highest BCUT2D eigenvalue weighted by atomic mass is 15.2. The van der Waals surface area contributed by atoms with Crippen LogP contribution in [0.4, 0.5) is 0 Å². The van der Waals surface area contributed by atoms with Gasteiger partial charge in [0, 0.05) is 32.7 Å². The fraction of sp³-hybridized carbons (Fsp3) is 0.588. The van der Waals surface area contributed by atoms with Gasteiger partial charge in [0.25, 0.3) is 0 Å². The maximum atomic E-state index is 4.24. The summed E-state index contributed by atoms with van der Waals surface area (Å²) in [5, 5.41) is 6.68. The first-order valence-electron chi connectivity index (χ1n) is 7.80. The van der Waals surface area contributed by atoms with Crippen LogP contribution in [0.1, 0.15) is 38.3 Å². The zero-order valence-electron chi connectivity index (χ0n) is 14.1. The molecule has 1 aromatic carbocycles. The molecular formula is C17H30N4. The molecule has 0 saturated carbocycles. The van der Waals surface area contributed by atoms with Crippen LogP contribution in [0.25, 0.3) is 0 Å². The number of nitrogens with one attached hydrogen (secondary N) is 2. The number of nitrogens with zero attached hydrogens (tertiary/aromatic N) is 2. The van der Waals surface area contributed by atoms with Crippen molar-refractivity contribution in [3.63, 3.8) is 0 Å². The Morgan fingerprint density at radius 2 is 1.86 bits per heavy atom. The molecule has 0 saturated heterocycles. The first kappa shape index (κ1) is 17.5. The molecule has 0 heterocycles. The molecule has 0 spiro atoms. The van der Waals surface area contributed by atoms with Crippen molar-refractivity contribution < 1.29 is 0 Å². The SMILES string of the molecule is CCCNC(=NC)NCc1ccccc1CN(C)C(C)C. The molecule has 118 valence electrons. The van der Waals surface area contributed by atoms with Crippen molar-refractivity contribution >= 4 is 5.96 Å². The van der Waals surface area contributed by atoms with Crippen molar-refractivity contribution in [2.75, 3.05) is 20.6 Å². The van der Waals surface area contributed by atoms with Gasteiger partial charge in [-0.05, 0) is 38.4 Å². The van der Waals surface area contributed by atoms with Crippen molar-refractivity contribution in [2.45, 2.75) is 46.3 Å². The molecule has 0 aliphatic heterocycles. The molecule has 0 amide bonds. The molecule has 0 unspecified atom stereocenters. The molecule has 4 nitrogen and oxygen atoms in total. The lowest BCUT2D eigenvalue weighted by atomic mass is 10.1. The number of rotatable bonds is 7. The van der Waals surface area contributed by atoms with E-state index in [1.165, 1.54) is 11.1 Å². The van der Waals surface area contributed by atoms with Crippen LogP contribution in [0.3, 0.4) is 0 Å². The lowest BCUT2D eigenvalue weighted by molar-refractivity contribution is 0.265. The van der Waals surface area contributed by atoms with Gasteiger partial charge in [-0.3, -0.25) is 9.89 Å². The fourth-order valence-corrected chi connectivity index (χ4v) is 1.98. The average Bonchev–Trinajstić information content (AvgIpc) is 2.48. The molecule has 4 heteroatoms. The third kappa shape index (κ3) is 6.17. The van der Waals surface area contributed by atoms with Crippen LogP contribution >= 0.6 is 0 Å². The van der Waals surface area contributed by atoms with Crippen molar-refractivity contribution in [3.05, 3.63) is 35.4 Å². The zero-order valence-corrected chi connectivity index (χ0v) is 14.1. The number of hydrogen-bond acceptors (Lipinski definition) is 2.